The van der Waals surface area contributed by atoms with Crippen LogP contribution in [0.5, 0.6) is 0 Å². The average molecular weight is 1420 g/mol. The summed E-state index contributed by atoms with van der Waals surface area (Å²) >= 11 is 0. The molecule has 2 unspecified atom stereocenters. The van der Waals surface area contributed by atoms with E-state index in [1.165, 1.54) is 212 Å². The monoisotopic (exact) mass is 1420 g/mol. The van der Waals surface area contributed by atoms with Gasteiger partial charge in [0.2, 0.25) is 0 Å². The highest BCUT2D eigenvalue weighted by molar-refractivity contribution is 7.47. The number of unbranched alkanes of at least 4 members (excludes halogenated alkanes) is 44. The van der Waals surface area contributed by atoms with Crippen LogP contribution >= 0.6 is 15.6 Å². The minimum atomic E-state index is -4.96. The summed E-state index contributed by atoms with van der Waals surface area (Å²) in [5, 5.41) is 10.6. The Hall–Kier alpha value is -1.94. The first-order chi connectivity index (χ1) is 46.7. The number of aliphatic hydroxyl groups is 1. The second-order valence-electron chi connectivity index (χ2n) is 29.5. The van der Waals surface area contributed by atoms with E-state index in [1.807, 2.05) is 0 Å². The maximum absolute atomic E-state index is 13.1. The highest BCUT2D eigenvalue weighted by Gasteiger charge is 2.30. The number of hydrogen-bond acceptors (Lipinski definition) is 15. The lowest BCUT2D eigenvalue weighted by Gasteiger charge is -2.21. The number of carbonyl (C=O) groups is 4. The molecule has 0 aliphatic heterocycles. The Labute approximate surface area is 594 Å². The lowest BCUT2D eigenvalue weighted by molar-refractivity contribution is -0.161. The van der Waals surface area contributed by atoms with Crippen LogP contribution in [0.4, 0.5) is 0 Å². The van der Waals surface area contributed by atoms with Gasteiger partial charge in [0, 0.05) is 25.7 Å². The Kier molecular flexibility index (Phi) is 67.1. The van der Waals surface area contributed by atoms with Gasteiger partial charge in [-0.2, -0.15) is 0 Å². The van der Waals surface area contributed by atoms with Crippen LogP contribution < -0.4 is 0 Å². The van der Waals surface area contributed by atoms with E-state index in [9.17, 15) is 43.2 Å². The number of rotatable bonds is 76. The van der Waals surface area contributed by atoms with Gasteiger partial charge in [-0.05, 0) is 43.4 Å². The summed E-state index contributed by atoms with van der Waals surface area (Å²) in [4.78, 5) is 72.9. The first-order valence-electron chi connectivity index (χ1n) is 40.3. The van der Waals surface area contributed by atoms with Gasteiger partial charge in [0.25, 0.3) is 0 Å². The van der Waals surface area contributed by atoms with Crippen molar-refractivity contribution in [2.75, 3.05) is 39.6 Å². The van der Waals surface area contributed by atoms with E-state index < -0.39 is 97.5 Å². The van der Waals surface area contributed by atoms with Crippen molar-refractivity contribution in [1.82, 2.24) is 0 Å². The molecule has 0 radical (unpaired) electrons. The molecule has 0 aliphatic carbocycles. The second kappa shape index (κ2) is 68.5. The van der Waals surface area contributed by atoms with Gasteiger partial charge in [0.05, 0.1) is 26.4 Å². The molecule has 5 atom stereocenters. The molecule has 0 bridgehead atoms. The summed E-state index contributed by atoms with van der Waals surface area (Å²) in [6, 6.07) is 0. The van der Waals surface area contributed by atoms with E-state index in [2.05, 4.69) is 48.5 Å². The van der Waals surface area contributed by atoms with Crippen molar-refractivity contribution in [2.24, 2.45) is 17.8 Å². The molecule has 0 saturated heterocycles. The highest BCUT2D eigenvalue weighted by Crippen LogP contribution is 2.45. The maximum Gasteiger partial charge on any atom is 0.472 e. The highest BCUT2D eigenvalue weighted by atomic mass is 31.2. The van der Waals surface area contributed by atoms with Crippen LogP contribution in [-0.4, -0.2) is 96.7 Å². The Bertz CT molecular complexity index is 1890. The van der Waals surface area contributed by atoms with Crippen molar-refractivity contribution in [2.45, 2.75) is 420 Å². The molecule has 0 fully saturated rings. The minimum absolute atomic E-state index is 0.106. The van der Waals surface area contributed by atoms with Gasteiger partial charge < -0.3 is 33.8 Å². The zero-order valence-corrected chi connectivity index (χ0v) is 65.3. The Morgan fingerprint density at radius 3 is 0.701 bits per heavy atom. The third kappa shape index (κ3) is 72.2. The van der Waals surface area contributed by atoms with Crippen molar-refractivity contribution in [3.05, 3.63) is 0 Å². The lowest BCUT2D eigenvalue weighted by atomic mass is 10.0. The molecular formula is C78H152O17P2. The van der Waals surface area contributed by atoms with Crippen molar-refractivity contribution in [1.29, 1.82) is 0 Å². The van der Waals surface area contributed by atoms with Crippen molar-refractivity contribution < 1.29 is 80.2 Å². The average Bonchev–Trinajstić information content (AvgIpc) is 1.94. The van der Waals surface area contributed by atoms with Gasteiger partial charge in [-0.25, -0.2) is 9.13 Å². The van der Waals surface area contributed by atoms with Crippen LogP contribution in [0, 0.1) is 17.8 Å². The van der Waals surface area contributed by atoms with Crippen molar-refractivity contribution in [3.63, 3.8) is 0 Å². The Morgan fingerprint density at radius 1 is 0.278 bits per heavy atom. The molecule has 0 amide bonds. The number of carbonyl (C=O) groups excluding carboxylic acids is 4. The zero-order valence-electron chi connectivity index (χ0n) is 63.5. The minimum Gasteiger partial charge on any atom is -0.462 e. The molecule has 0 aromatic carbocycles. The number of aliphatic hydroxyl groups excluding tert-OH is 1. The van der Waals surface area contributed by atoms with Gasteiger partial charge in [0.15, 0.2) is 12.2 Å². The normalized spacial score (nSPS) is 14.0. The Morgan fingerprint density at radius 2 is 0.474 bits per heavy atom. The Balaban J connectivity index is 5.24. The smallest absolute Gasteiger partial charge is 0.462 e. The first-order valence-corrected chi connectivity index (χ1v) is 43.3. The number of esters is 4. The standard InChI is InChI=1S/C78H152O17P2/c1-8-9-10-11-12-13-31-38-45-52-59-75(80)88-65-73(95-78(83)62-55-48-41-34-27-26-30-37-44-51-58-71(6)7)67-92-96(84,85)90-63-72(79)64-91-97(86,87)93-68-74(66-89-76(81)60-53-46-39-32-24-21-17-19-23-29-36-43-50-57-70(4)5)94-77(82)61-54-47-40-33-25-20-16-14-15-18-22-28-35-42-49-56-69(2)3/h69-74,79H,8-68H2,1-7H3,(H,84,85)(H,86,87)/t72-,73+,74+/m0/s1. The fraction of sp³-hybridized carbons (Fsp3) is 0.949. The van der Waals surface area contributed by atoms with Crippen molar-refractivity contribution in [3.8, 4) is 0 Å². The summed E-state index contributed by atoms with van der Waals surface area (Å²) < 4.78 is 68.6. The summed E-state index contributed by atoms with van der Waals surface area (Å²) in [6.45, 7) is 11.9. The third-order valence-corrected chi connectivity index (χ3v) is 20.0. The molecule has 576 valence electrons. The molecule has 0 aliphatic rings. The van der Waals surface area contributed by atoms with Crippen LogP contribution in [0.1, 0.15) is 402 Å². The SMILES string of the molecule is CCCCCCCCCCCCC(=O)OC[C@H](COP(=O)(O)OC[C@H](O)COP(=O)(O)OC[C@@H](COC(=O)CCCCCCCCCCCCCCCC(C)C)OC(=O)CCCCCCCCCCCCCCCCCC(C)C)OC(=O)CCCCCCCCCCCCC(C)C. The van der Waals surface area contributed by atoms with Gasteiger partial charge in [-0.3, -0.25) is 37.3 Å². The van der Waals surface area contributed by atoms with Gasteiger partial charge in [-0.15, -0.1) is 0 Å². The third-order valence-electron chi connectivity index (χ3n) is 18.1. The van der Waals surface area contributed by atoms with Crippen LogP contribution in [0.15, 0.2) is 0 Å². The fourth-order valence-corrected chi connectivity index (χ4v) is 13.5. The summed E-state index contributed by atoms with van der Waals surface area (Å²) in [7, 11) is -9.91. The molecule has 17 nitrogen and oxygen atoms in total. The summed E-state index contributed by atoms with van der Waals surface area (Å²) in [5.74, 6) is 0.231. The fourth-order valence-electron chi connectivity index (χ4n) is 12.0. The molecule has 19 heteroatoms. The van der Waals surface area contributed by atoms with Gasteiger partial charge in [0.1, 0.15) is 19.3 Å². The molecule has 0 heterocycles. The number of phosphoric acid groups is 2. The van der Waals surface area contributed by atoms with E-state index in [-0.39, 0.29) is 25.7 Å². The molecule has 0 aromatic heterocycles. The van der Waals surface area contributed by atoms with Gasteiger partial charge in [-0.1, -0.05) is 350 Å². The van der Waals surface area contributed by atoms with Crippen LogP contribution in [0.25, 0.3) is 0 Å². The largest absolute Gasteiger partial charge is 0.472 e. The molecule has 0 aromatic rings. The number of ether oxygens (including phenoxy) is 4. The second-order valence-corrected chi connectivity index (χ2v) is 32.4. The predicted molar refractivity (Wildman–Crippen MR) is 395 cm³/mol. The van der Waals surface area contributed by atoms with E-state index in [1.54, 1.807) is 0 Å². The zero-order chi connectivity index (χ0) is 71.6. The van der Waals surface area contributed by atoms with Crippen LogP contribution in [0.3, 0.4) is 0 Å². The molecule has 97 heavy (non-hydrogen) atoms. The van der Waals surface area contributed by atoms with Crippen LogP contribution in [-0.2, 0) is 65.4 Å². The van der Waals surface area contributed by atoms with Gasteiger partial charge >= 0.3 is 39.5 Å². The molecule has 0 spiro atoms. The summed E-state index contributed by atoms with van der Waals surface area (Å²) in [5.41, 5.74) is 0. The van der Waals surface area contributed by atoms with E-state index >= 15 is 0 Å². The van der Waals surface area contributed by atoms with E-state index in [0.29, 0.717) is 25.7 Å². The van der Waals surface area contributed by atoms with E-state index in [4.69, 9.17) is 37.0 Å². The molecule has 0 rings (SSSR count). The molecular weight excluding hydrogens is 1270 g/mol. The van der Waals surface area contributed by atoms with Crippen LogP contribution in [0.2, 0.25) is 0 Å². The maximum atomic E-state index is 13.1. The first kappa shape index (κ1) is 95.1. The number of hydrogen-bond donors (Lipinski definition) is 3. The topological polar surface area (TPSA) is 237 Å². The quantitative estimate of drug-likeness (QED) is 0.0222. The summed E-state index contributed by atoms with van der Waals surface area (Å²) in [6.07, 6.45) is 55.4. The lowest BCUT2D eigenvalue weighted by Crippen LogP contribution is -2.30. The predicted octanol–water partition coefficient (Wildman–Crippen LogP) is 23.0. The molecule has 3 N–H and O–H groups in total. The van der Waals surface area contributed by atoms with Crippen molar-refractivity contribution >= 4 is 39.5 Å². The van der Waals surface area contributed by atoms with E-state index in [0.717, 1.165) is 108 Å². The number of phosphoric ester groups is 2. The molecule has 0 saturated carbocycles.